The Morgan fingerprint density at radius 1 is 1.22 bits per heavy atom. The molecule has 0 radical (unpaired) electrons. The van der Waals surface area contributed by atoms with Crippen LogP contribution in [0.15, 0.2) is 35.2 Å². The first-order valence-electron chi connectivity index (χ1n) is 7.83. The Kier molecular flexibility index (Phi) is 3.87. The molecule has 6 heteroatoms. The lowest BCUT2D eigenvalue weighted by molar-refractivity contribution is 0.238. The summed E-state index contributed by atoms with van der Waals surface area (Å²) in [5.74, 6) is 0. The minimum atomic E-state index is 0.840. The molecular formula is C17H18BrN5. The lowest BCUT2D eigenvalue weighted by Crippen LogP contribution is -2.33. The second-order valence-corrected chi connectivity index (χ2v) is 7.02. The van der Waals surface area contributed by atoms with Gasteiger partial charge in [-0.1, -0.05) is 0 Å². The Morgan fingerprint density at radius 2 is 2.13 bits per heavy atom. The molecule has 0 unspecified atom stereocenters. The molecule has 0 amide bonds. The second kappa shape index (κ2) is 6.02. The van der Waals surface area contributed by atoms with Gasteiger partial charge in [-0.3, -0.25) is 9.58 Å². The first-order valence-corrected chi connectivity index (χ1v) is 8.62. The van der Waals surface area contributed by atoms with Crippen molar-refractivity contribution in [1.82, 2.24) is 24.6 Å². The van der Waals surface area contributed by atoms with Gasteiger partial charge in [-0.2, -0.15) is 5.10 Å². The first-order chi connectivity index (χ1) is 11.2. The third kappa shape index (κ3) is 3.14. The van der Waals surface area contributed by atoms with Gasteiger partial charge in [0.15, 0.2) is 5.65 Å². The zero-order valence-corrected chi connectivity index (χ0v) is 14.6. The van der Waals surface area contributed by atoms with Gasteiger partial charge < -0.3 is 0 Å². The van der Waals surface area contributed by atoms with Crippen LogP contribution in [0, 0.1) is 6.92 Å². The Morgan fingerprint density at radius 3 is 2.96 bits per heavy atom. The number of nitrogens with zero attached hydrogens (tertiary/aromatic N) is 5. The molecule has 0 saturated heterocycles. The number of hydrogen-bond acceptors (Lipinski definition) is 4. The lowest BCUT2D eigenvalue weighted by atomic mass is 10.0. The van der Waals surface area contributed by atoms with E-state index in [1.165, 1.54) is 16.8 Å². The van der Waals surface area contributed by atoms with Crippen molar-refractivity contribution < 1.29 is 0 Å². The summed E-state index contributed by atoms with van der Waals surface area (Å²) < 4.78 is 3.01. The van der Waals surface area contributed by atoms with Crippen LogP contribution in [-0.4, -0.2) is 37.7 Å². The van der Waals surface area contributed by atoms with Gasteiger partial charge in [-0.25, -0.2) is 9.97 Å². The maximum absolute atomic E-state index is 4.74. The highest BCUT2D eigenvalue weighted by Crippen LogP contribution is 2.23. The molecule has 0 N–H and O–H groups in total. The standard InChI is InChI=1S/C17H18BrN5/c1-12-8-20-23(10-12)5-4-22-3-2-16-14(11-22)6-13-7-15(18)9-19-17(13)21-16/h6-10H,2-5,11H2,1H3. The van der Waals surface area contributed by atoms with Gasteiger partial charge in [0.1, 0.15) is 0 Å². The molecule has 3 aromatic rings. The van der Waals surface area contributed by atoms with Crippen LogP contribution in [0.25, 0.3) is 11.0 Å². The Hall–Kier alpha value is -1.79. The number of aromatic nitrogens is 4. The maximum Gasteiger partial charge on any atom is 0.159 e. The largest absolute Gasteiger partial charge is 0.297 e. The van der Waals surface area contributed by atoms with E-state index < -0.39 is 0 Å². The predicted octanol–water partition coefficient (Wildman–Crippen LogP) is 2.96. The van der Waals surface area contributed by atoms with E-state index in [-0.39, 0.29) is 0 Å². The van der Waals surface area contributed by atoms with Crippen LogP contribution in [0.2, 0.25) is 0 Å². The van der Waals surface area contributed by atoms with Crippen molar-refractivity contribution in [2.45, 2.75) is 26.4 Å². The number of rotatable bonds is 3. The molecule has 0 saturated carbocycles. The normalized spacial score (nSPS) is 15.0. The van der Waals surface area contributed by atoms with E-state index in [0.29, 0.717) is 0 Å². The van der Waals surface area contributed by atoms with Crippen LogP contribution in [0.3, 0.4) is 0 Å². The van der Waals surface area contributed by atoms with E-state index in [9.17, 15) is 0 Å². The van der Waals surface area contributed by atoms with Gasteiger partial charge >= 0.3 is 0 Å². The van der Waals surface area contributed by atoms with E-state index in [0.717, 1.165) is 48.1 Å². The molecule has 0 aliphatic carbocycles. The SMILES string of the molecule is Cc1cnn(CCN2CCc3nc4ncc(Br)cc4cc3C2)c1. The minimum Gasteiger partial charge on any atom is -0.297 e. The smallest absolute Gasteiger partial charge is 0.159 e. The zero-order valence-electron chi connectivity index (χ0n) is 13.0. The molecule has 118 valence electrons. The summed E-state index contributed by atoms with van der Waals surface area (Å²) in [6.45, 7) is 6.00. The molecule has 5 nitrogen and oxygen atoms in total. The Bertz CT molecular complexity index is 857. The molecule has 23 heavy (non-hydrogen) atoms. The van der Waals surface area contributed by atoms with Gasteiger partial charge in [-0.15, -0.1) is 0 Å². The number of halogens is 1. The second-order valence-electron chi connectivity index (χ2n) is 6.10. The molecule has 1 aliphatic rings. The van der Waals surface area contributed by atoms with Crippen molar-refractivity contribution in [3.8, 4) is 0 Å². The minimum absolute atomic E-state index is 0.840. The average Bonchev–Trinajstić information content (AvgIpc) is 2.96. The molecule has 0 spiro atoms. The molecule has 4 rings (SSSR count). The molecule has 0 fully saturated rings. The Balaban J connectivity index is 1.51. The topological polar surface area (TPSA) is 46.8 Å². The fourth-order valence-electron chi connectivity index (χ4n) is 3.08. The van der Waals surface area contributed by atoms with E-state index in [4.69, 9.17) is 4.98 Å². The highest BCUT2D eigenvalue weighted by molar-refractivity contribution is 9.10. The zero-order chi connectivity index (χ0) is 15.8. The molecule has 0 bridgehead atoms. The molecule has 0 atom stereocenters. The molecule has 1 aliphatic heterocycles. The van der Waals surface area contributed by atoms with Crippen LogP contribution in [0.1, 0.15) is 16.8 Å². The number of hydrogen-bond donors (Lipinski definition) is 0. The maximum atomic E-state index is 4.74. The Labute approximate surface area is 143 Å². The highest BCUT2D eigenvalue weighted by atomic mass is 79.9. The van der Waals surface area contributed by atoms with E-state index >= 15 is 0 Å². The molecule has 4 heterocycles. The average molecular weight is 372 g/mol. The van der Waals surface area contributed by atoms with Gasteiger partial charge in [0.25, 0.3) is 0 Å². The van der Waals surface area contributed by atoms with Gasteiger partial charge in [-0.05, 0) is 46.1 Å². The number of pyridine rings is 2. The van der Waals surface area contributed by atoms with Crippen molar-refractivity contribution >= 4 is 27.0 Å². The van der Waals surface area contributed by atoms with Crippen LogP contribution in [-0.2, 0) is 19.5 Å². The summed E-state index contributed by atoms with van der Waals surface area (Å²) in [5, 5.41) is 5.46. The van der Waals surface area contributed by atoms with Crippen molar-refractivity contribution in [3.05, 3.63) is 52.0 Å². The van der Waals surface area contributed by atoms with Crippen molar-refractivity contribution in [3.63, 3.8) is 0 Å². The fraction of sp³-hybridized carbons (Fsp3) is 0.353. The van der Waals surface area contributed by atoms with Crippen molar-refractivity contribution in [1.29, 1.82) is 0 Å². The summed E-state index contributed by atoms with van der Waals surface area (Å²) in [7, 11) is 0. The summed E-state index contributed by atoms with van der Waals surface area (Å²) >= 11 is 3.48. The first kappa shape index (κ1) is 14.8. The third-order valence-corrected chi connectivity index (χ3v) is 4.70. The highest BCUT2D eigenvalue weighted by Gasteiger charge is 2.18. The van der Waals surface area contributed by atoms with Crippen LogP contribution in [0.4, 0.5) is 0 Å². The fourth-order valence-corrected chi connectivity index (χ4v) is 3.43. The van der Waals surface area contributed by atoms with Gasteiger partial charge in [0.2, 0.25) is 0 Å². The lowest BCUT2D eigenvalue weighted by Gasteiger charge is -2.28. The van der Waals surface area contributed by atoms with Crippen molar-refractivity contribution in [2.75, 3.05) is 13.1 Å². The van der Waals surface area contributed by atoms with Crippen LogP contribution in [0.5, 0.6) is 0 Å². The van der Waals surface area contributed by atoms with Gasteiger partial charge in [0.05, 0.1) is 12.7 Å². The van der Waals surface area contributed by atoms with Gasteiger partial charge in [0, 0.05) is 54.0 Å². The van der Waals surface area contributed by atoms with E-state index in [2.05, 4.69) is 56.2 Å². The summed E-state index contributed by atoms with van der Waals surface area (Å²) in [6, 6.07) is 4.32. The van der Waals surface area contributed by atoms with E-state index in [1.807, 2.05) is 17.1 Å². The molecule has 3 aromatic heterocycles. The van der Waals surface area contributed by atoms with Crippen molar-refractivity contribution in [2.24, 2.45) is 0 Å². The monoisotopic (exact) mass is 371 g/mol. The number of fused-ring (bicyclic) bond motifs is 2. The van der Waals surface area contributed by atoms with E-state index in [1.54, 1.807) is 0 Å². The number of aryl methyl sites for hydroxylation is 1. The summed E-state index contributed by atoms with van der Waals surface area (Å²) in [5.41, 5.74) is 4.56. The third-order valence-electron chi connectivity index (χ3n) is 4.27. The summed E-state index contributed by atoms with van der Waals surface area (Å²) in [6.07, 6.45) is 6.80. The van der Waals surface area contributed by atoms with Crippen LogP contribution < -0.4 is 0 Å². The predicted molar refractivity (Wildman–Crippen MR) is 93.2 cm³/mol. The summed E-state index contributed by atoms with van der Waals surface area (Å²) in [4.78, 5) is 11.6. The van der Waals surface area contributed by atoms with Crippen LogP contribution >= 0.6 is 15.9 Å². The molecule has 0 aromatic carbocycles. The quantitative estimate of drug-likeness (QED) is 0.709. The molecular weight excluding hydrogens is 354 g/mol.